The summed E-state index contributed by atoms with van der Waals surface area (Å²) in [6.45, 7) is 5.26. The van der Waals surface area contributed by atoms with Crippen LogP contribution in [0, 0.1) is 6.58 Å². The van der Waals surface area contributed by atoms with Crippen molar-refractivity contribution >= 4 is 18.2 Å². The number of rotatable bonds is 3. The summed E-state index contributed by atoms with van der Waals surface area (Å²) in [4.78, 5) is 9.99. The molecule has 1 aromatic carbocycles. The number of carbonyl (C=O) groups is 1. The van der Waals surface area contributed by atoms with Gasteiger partial charge in [-0.05, 0) is 17.7 Å². The Morgan fingerprint density at radius 1 is 1.27 bits per heavy atom. The topological polar surface area (TPSA) is 29.1 Å². The lowest BCUT2D eigenvalue weighted by Crippen LogP contribution is -1.92. The van der Waals surface area contributed by atoms with Crippen LogP contribution in [0.15, 0.2) is 24.3 Å². The van der Waals surface area contributed by atoms with Crippen LogP contribution in [-0.2, 0) is 4.79 Å². The second kappa shape index (κ2) is 3.56. The molecule has 1 amide bonds. The summed E-state index contributed by atoms with van der Waals surface area (Å²) in [5.74, 6) is 0. The highest BCUT2D eigenvalue weighted by molar-refractivity contribution is 5.71. The van der Waals surface area contributed by atoms with Crippen LogP contribution in [0.1, 0.15) is 5.56 Å². The first-order chi connectivity index (χ1) is 5.36. The number of nitrogens with one attached hydrogen (secondary N) is 1. The van der Waals surface area contributed by atoms with E-state index in [1.165, 1.54) is 6.08 Å². The Balaban J connectivity index is 2.81. The minimum absolute atomic E-state index is 0.640. The molecule has 2 nitrogen and oxygen atoms in total. The van der Waals surface area contributed by atoms with Crippen molar-refractivity contribution in [2.24, 2.45) is 0 Å². The number of hydrogen-bond donors (Lipinski definition) is 1. The molecule has 1 radical (unpaired) electrons. The van der Waals surface area contributed by atoms with Crippen molar-refractivity contribution in [3.63, 3.8) is 0 Å². The molecule has 0 aromatic heterocycles. The number of anilines is 1. The summed E-state index contributed by atoms with van der Waals surface area (Å²) < 4.78 is 0. The van der Waals surface area contributed by atoms with E-state index in [-0.39, 0.29) is 0 Å². The fourth-order valence-corrected chi connectivity index (χ4v) is 0.758. The molecule has 0 unspecified atom stereocenters. The maximum atomic E-state index is 9.99. The molecule has 1 rings (SSSR count). The molecular formula is C9H8NO. The van der Waals surface area contributed by atoms with Gasteiger partial charge in [0.2, 0.25) is 6.41 Å². The van der Waals surface area contributed by atoms with Crippen molar-refractivity contribution in [2.45, 2.75) is 0 Å². The van der Waals surface area contributed by atoms with Crippen LogP contribution in [-0.4, -0.2) is 6.41 Å². The van der Waals surface area contributed by atoms with E-state index in [9.17, 15) is 4.79 Å². The molecule has 0 heterocycles. The average Bonchev–Trinajstić information content (AvgIpc) is 2.07. The van der Waals surface area contributed by atoms with Crippen molar-refractivity contribution in [3.8, 4) is 0 Å². The minimum Gasteiger partial charge on any atom is -0.329 e. The molecule has 2 heteroatoms. The van der Waals surface area contributed by atoms with Gasteiger partial charge in [0.15, 0.2) is 0 Å². The summed E-state index contributed by atoms with van der Waals surface area (Å²) in [5.41, 5.74) is 1.70. The number of amides is 1. The normalized spacial score (nSPS) is 8.73. The maximum absolute atomic E-state index is 9.99. The molecule has 0 aliphatic rings. The fourth-order valence-electron chi connectivity index (χ4n) is 0.758. The van der Waals surface area contributed by atoms with Crippen molar-refractivity contribution in [1.29, 1.82) is 0 Å². The molecule has 0 fully saturated rings. The molecule has 0 saturated carbocycles. The Labute approximate surface area is 65.5 Å². The first-order valence-electron chi connectivity index (χ1n) is 3.22. The van der Waals surface area contributed by atoms with E-state index < -0.39 is 0 Å². The van der Waals surface area contributed by atoms with E-state index in [2.05, 4.69) is 5.32 Å². The monoisotopic (exact) mass is 146 g/mol. The summed E-state index contributed by atoms with van der Waals surface area (Å²) >= 11 is 0. The lowest BCUT2D eigenvalue weighted by Gasteiger charge is -1.97. The summed E-state index contributed by atoms with van der Waals surface area (Å²) in [7, 11) is 0. The minimum atomic E-state index is 0.640. The highest BCUT2D eigenvalue weighted by Crippen LogP contribution is 2.08. The van der Waals surface area contributed by atoms with Gasteiger partial charge in [-0.1, -0.05) is 24.8 Å². The van der Waals surface area contributed by atoms with Crippen LogP contribution >= 0.6 is 0 Å². The Bertz CT molecular complexity index is 251. The predicted octanol–water partition coefficient (Wildman–Crippen LogP) is 1.70. The van der Waals surface area contributed by atoms with Gasteiger partial charge in [0.25, 0.3) is 0 Å². The van der Waals surface area contributed by atoms with Gasteiger partial charge in [-0.3, -0.25) is 4.79 Å². The third kappa shape index (κ3) is 1.93. The third-order valence-electron chi connectivity index (χ3n) is 1.33. The first kappa shape index (κ1) is 7.54. The second-order valence-electron chi connectivity index (χ2n) is 2.05. The molecule has 0 saturated heterocycles. The zero-order valence-corrected chi connectivity index (χ0v) is 5.95. The van der Waals surface area contributed by atoms with Crippen LogP contribution in [0.3, 0.4) is 0 Å². The lowest BCUT2D eigenvalue weighted by molar-refractivity contribution is -0.105. The lowest BCUT2D eigenvalue weighted by atomic mass is 10.2. The second-order valence-corrected chi connectivity index (χ2v) is 2.05. The van der Waals surface area contributed by atoms with Gasteiger partial charge >= 0.3 is 0 Å². The van der Waals surface area contributed by atoms with Crippen molar-refractivity contribution in [1.82, 2.24) is 0 Å². The molecule has 0 aliphatic carbocycles. The Kier molecular flexibility index (Phi) is 2.44. The van der Waals surface area contributed by atoms with Gasteiger partial charge in [-0.2, -0.15) is 0 Å². The largest absolute Gasteiger partial charge is 0.329 e. The van der Waals surface area contributed by atoms with Crippen LogP contribution in [0.2, 0.25) is 0 Å². The first-order valence-corrected chi connectivity index (χ1v) is 3.22. The van der Waals surface area contributed by atoms with E-state index in [1.807, 2.05) is 12.1 Å². The van der Waals surface area contributed by atoms with E-state index in [0.29, 0.717) is 6.41 Å². The molecule has 0 aliphatic heterocycles. The van der Waals surface area contributed by atoms with E-state index in [4.69, 9.17) is 6.58 Å². The van der Waals surface area contributed by atoms with Crippen LogP contribution in [0.5, 0.6) is 0 Å². The highest BCUT2D eigenvalue weighted by Gasteiger charge is 1.87. The zero-order chi connectivity index (χ0) is 8.10. The molecular weight excluding hydrogens is 138 g/mol. The Morgan fingerprint density at radius 2 is 1.91 bits per heavy atom. The fraction of sp³-hybridized carbons (Fsp3) is 0. The Hall–Kier alpha value is -1.57. The van der Waals surface area contributed by atoms with E-state index in [1.54, 1.807) is 12.1 Å². The SMILES string of the molecule is [CH]=Cc1ccc(NC=O)cc1. The van der Waals surface area contributed by atoms with Gasteiger partial charge in [-0.15, -0.1) is 0 Å². The molecule has 11 heavy (non-hydrogen) atoms. The van der Waals surface area contributed by atoms with Crippen molar-refractivity contribution in [2.75, 3.05) is 5.32 Å². The molecule has 0 bridgehead atoms. The van der Waals surface area contributed by atoms with Crippen LogP contribution < -0.4 is 5.32 Å². The van der Waals surface area contributed by atoms with Crippen LogP contribution in [0.4, 0.5) is 5.69 Å². The number of carbonyl (C=O) groups excluding carboxylic acids is 1. The Morgan fingerprint density at radius 3 is 2.36 bits per heavy atom. The third-order valence-corrected chi connectivity index (χ3v) is 1.33. The van der Waals surface area contributed by atoms with Gasteiger partial charge in [0, 0.05) is 5.69 Å². The number of benzene rings is 1. The van der Waals surface area contributed by atoms with Crippen molar-refractivity contribution in [3.05, 3.63) is 36.4 Å². The summed E-state index contributed by atoms with van der Waals surface area (Å²) in [6.07, 6.45) is 2.14. The predicted molar refractivity (Wildman–Crippen MR) is 44.9 cm³/mol. The van der Waals surface area contributed by atoms with Gasteiger partial charge < -0.3 is 5.32 Å². The van der Waals surface area contributed by atoms with Crippen molar-refractivity contribution < 1.29 is 4.79 Å². The zero-order valence-electron chi connectivity index (χ0n) is 5.95. The van der Waals surface area contributed by atoms with Crippen LogP contribution in [0.25, 0.3) is 6.08 Å². The summed E-state index contributed by atoms with van der Waals surface area (Å²) in [5, 5.41) is 2.52. The quantitative estimate of drug-likeness (QED) is 0.646. The molecule has 0 atom stereocenters. The maximum Gasteiger partial charge on any atom is 0.211 e. The standard InChI is InChI=1S/C9H8NO/c1-2-8-3-5-9(6-4-8)10-7-11/h1-7H,(H,10,11). The highest BCUT2D eigenvalue weighted by atomic mass is 16.1. The van der Waals surface area contributed by atoms with Gasteiger partial charge in [0.1, 0.15) is 0 Å². The number of hydrogen-bond acceptors (Lipinski definition) is 1. The van der Waals surface area contributed by atoms with E-state index in [0.717, 1.165) is 11.3 Å². The average molecular weight is 146 g/mol. The smallest absolute Gasteiger partial charge is 0.211 e. The molecule has 0 spiro atoms. The van der Waals surface area contributed by atoms with Gasteiger partial charge in [0.05, 0.1) is 0 Å². The molecule has 1 N–H and O–H groups in total. The summed E-state index contributed by atoms with van der Waals surface area (Å²) in [6, 6.07) is 7.22. The molecule has 55 valence electrons. The molecule has 1 aromatic rings. The van der Waals surface area contributed by atoms with Gasteiger partial charge in [-0.25, -0.2) is 0 Å². The van der Waals surface area contributed by atoms with E-state index >= 15 is 0 Å².